The summed E-state index contributed by atoms with van der Waals surface area (Å²) in [6, 6.07) is 0. The summed E-state index contributed by atoms with van der Waals surface area (Å²) in [5.74, 6) is 0.867. The second-order valence-electron chi connectivity index (χ2n) is 3.70. The molecule has 0 aromatic carbocycles. The van der Waals surface area contributed by atoms with Gasteiger partial charge in [-0.3, -0.25) is 0 Å². The first kappa shape index (κ1) is 9.75. The van der Waals surface area contributed by atoms with Gasteiger partial charge in [-0.1, -0.05) is 12.2 Å². The van der Waals surface area contributed by atoms with Crippen molar-refractivity contribution in [1.29, 1.82) is 0 Å². The first-order chi connectivity index (χ1) is 5.83. The van der Waals surface area contributed by atoms with Gasteiger partial charge in [0, 0.05) is 19.6 Å². The van der Waals surface area contributed by atoms with Gasteiger partial charge in [0.2, 0.25) is 0 Å². The smallest absolute Gasteiger partial charge is 0.0102 e. The summed E-state index contributed by atoms with van der Waals surface area (Å²) in [5, 5.41) is 0. The van der Waals surface area contributed by atoms with Crippen LogP contribution in [-0.2, 0) is 0 Å². The molecule has 2 heteroatoms. The Morgan fingerprint density at radius 1 is 1.50 bits per heavy atom. The predicted octanol–water partition coefficient (Wildman–Crippen LogP) is 1.23. The summed E-state index contributed by atoms with van der Waals surface area (Å²) < 4.78 is 0. The molecule has 0 saturated heterocycles. The highest BCUT2D eigenvalue weighted by Crippen LogP contribution is 2.18. The van der Waals surface area contributed by atoms with Gasteiger partial charge in [0.25, 0.3) is 0 Å². The molecular weight excluding hydrogens is 148 g/mol. The molecule has 70 valence electrons. The van der Waals surface area contributed by atoms with Crippen molar-refractivity contribution in [2.75, 3.05) is 26.7 Å². The number of allylic oxidation sites excluding steroid dienone is 2. The summed E-state index contributed by atoms with van der Waals surface area (Å²) >= 11 is 0. The van der Waals surface area contributed by atoms with Gasteiger partial charge in [-0.2, -0.15) is 0 Å². The molecule has 1 aliphatic rings. The van der Waals surface area contributed by atoms with Gasteiger partial charge < -0.3 is 10.6 Å². The SMILES string of the molecule is CN(CCN)CC1CC=CCC1. The summed E-state index contributed by atoms with van der Waals surface area (Å²) in [5.41, 5.74) is 5.48. The van der Waals surface area contributed by atoms with E-state index in [1.54, 1.807) is 0 Å². The Bertz CT molecular complexity index is 143. The molecule has 0 radical (unpaired) electrons. The lowest BCUT2D eigenvalue weighted by atomic mass is 9.94. The van der Waals surface area contributed by atoms with Crippen molar-refractivity contribution in [3.8, 4) is 0 Å². The average Bonchev–Trinajstić information content (AvgIpc) is 2.06. The third-order valence-corrected chi connectivity index (χ3v) is 2.46. The normalized spacial score (nSPS) is 23.4. The lowest BCUT2D eigenvalue weighted by Gasteiger charge is -2.24. The van der Waals surface area contributed by atoms with Gasteiger partial charge in [-0.05, 0) is 32.2 Å². The highest BCUT2D eigenvalue weighted by atomic mass is 15.1. The Morgan fingerprint density at radius 3 is 2.92 bits per heavy atom. The number of nitrogens with zero attached hydrogens (tertiary/aromatic N) is 1. The van der Waals surface area contributed by atoms with Crippen LogP contribution >= 0.6 is 0 Å². The minimum absolute atomic E-state index is 0.777. The zero-order valence-corrected chi connectivity index (χ0v) is 8.00. The van der Waals surface area contributed by atoms with Gasteiger partial charge in [-0.15, -0.1) is 0 Å². The fourth-order valence-electron chi connectivity index (χ4n) is 1.77. The van der Waals surface area contributed by atoms with Crippen molar-refractivity contribution in [2.45, 2.75) is 19.3 Å². The van der Waals surface area contributed by atoms with Crippen LogP contribution in [0.3, 0.4) is 0 Å². The second-order valence-corrected chi connectivity index (χ2v) is 3.70. The number of hydrogen-bond acceptors (Lipinski definition) is 2. The van der Waals surface area contributed by atoms with Crippen LogP contribution < -0.4 is 5.73 Å². The standard InChI is InChI=1S/C10H20N2/c1-12(8-7-11)9-10-5-3-2-4-6-10/h2-3,10H,4-9,11H2,1H3. The highest BCUT2D eigenvalue weighted by Gasteiger charge is 2.11. The van der Waals surface area contributed by atoms with Crippen molar-refractivity contribution < 1.29 is 0 Å². The third-order valence-electron chi connectivity index (χ3n) is 2.46. The first-order valence-electron chi connectivity index (χ1n) is 4.86. The van der Waals surface area contributed by atoms with Crippen molar-refractivity contribution in [3.05, 3.63) is 12.2 Å². The van der Waals surface area contributed by atoms with Crippen LogP contribution in [0, 0.1) is 5.92 Å². The topological polar surface area (TPSA) is 29.3 Å². The van der Waals surface area contributed by atoms with Crippen LogP contribution in [0.25, 0.3) is 0 Å². The fraction of sp³-hybridized carbons (Fsp3) is 0.800. The molecule has 1 aliphatic carbocycles. The lowest BCUT2D eigenvalue weighted by molar-refractivity contribution is 0.271. The van der Waals surface area contributed by atoms with E-state index in [-0.39, 0.29) is 0 Å². The first-order valence-corrected chi connectivity index (χ1v) is 4.86. The maximum Gasteiger partial charge on any atom is 0.0102 e. The highest BCUT2D eigenvalue weighted by molar-refractivity contribution is 4.90. The maximum absolute atomic E-state index is 5.48. The number of likely N-dealkylation sites (N-methyl/N-ethyl adjacent to an activating group) is 1. The van der Waals surface area contributed by atoms with Crippen LogP contribution in [0.15, 0.2) is 12.2 Å². The number of hydrogen-bond donors (Lipinski definition) is 1. The Morgan fingerprint density at radius 2 is 2.33 bits per heavy atom. The molecule has 0 heterocycles. The van der Waals surface area contributed by atoms with Crippen LogP contribution in [0.2, 0.25) is 0 Å². The molecule has 2 nitrogen and oxygen atoms in total. The van der Waals surface area contributed by atoms with Crippen molar-refractivity contribution in [3.63, 3.8) is 0 Å². The van der Waals surface area contributed by atoms with Gasteiger partial charge >= 0.3 is 0 Å². The predicted molar refractivity (Wildman–Crippen MR) is 53.0 cm³/mol. The van der Waals surface area contributed by atoms with Crippen molar-refractivity contribution in [2.24, 2.45) is 11.7 Å². The van der Waals surface area contributed by atoms with Gasteiger partial charge in [0.1, 0.15) is 0 Å². The van der Waals surface area contributed by atoms with E-state index in [0.717, 1.165) is 19.0 Å². The largest absolute Gasteiger partial charge is 0.329 e. The zero-order valence-electron chi connectivity index (χ0n) is 8.00. The van der Waals surface area contributed by atoms with Crippen LogP contribution in [-0.4, -0.2) is 31.6 Å². The molecule has 0 fully saturated rings. The van der Waals surface area contributed by atoms with Crippen LogP contribution in [0.4, 0.5) is 0 Å². The van der Waals surface area contributed by atoms with Crippen molar-refractivity contribution in [1.82, 2.24) is 4.90 Å². The molecule has 0 bridgehead atoms. The van der Waals surface area contributed by atoms with E-state index in [4.69, 9.17) is 5.73 Å². The Labute approximate surface area is 75.4 Å². The molecular formula is C10H20N2. The van der Waals surface area contributed by atoms with E-state index in [1.807, 2.05) is 0 Å². The minimum Gasteiger partial charge on any atom is -0.329 e. The molecule has 0 spiro atoms. The molecule has 1 atom stereocenters. The minimum atomic E-state index is 0.777. The maximum atomic E-state index is 5.48. The summed E-state index contributed by atoms with van der Waals surface area (Å²) in [6.45, 7) is 3.01. The quantitative estimate of drug-likeness (QED) is 0.640. The van der Waals surface area contributed by atoms with E-state index in [1.165, 1.54) is 25.8 Å². The molecule has 0 aromatic heterocycles. The van der Waals surface area contributed by atoms with E-state index in [2.05, 4.69) is 24.1 Å². The van der Waals surface area contributed by atoms with Gasteiger partial charge in [0.05, 0.1) is 0 Å². The average molecular weight is 168 g/mol. The zero-order chi connectivity index (χ0) is 8.81. The molecule has 0 amide bonds. The van der Waals surface area contributed by atoms with E-state index in [0.29, 0.717) is 0 Å². The van der Waals surface area contributed by atoms with E-state index in [9.17, 15) is 0 Å². The Hall–Kier alpha value is -0.340. The molecule has 2 N–H and O–H groups in total. The lowest BCUT2D eigenvalue weighted by Crippen LogP contribution is -2.30. The van der Waals surface area contributed by atoms with Gasteiger partial charge in [-0.25, -0.2) is 0 Å². The van der Waals surface area contributed by atoms with Gasteiger partial charge in [0.15, 0.2) is 0 Å². The molecule has 1 rings (SSSR count). The fourth-order valence-corrected chi connectivity index (χ4v) is 1.77. The third kappa shape index (κ3) is 3.37. The number of rotatable bonds is 4. The number of nitrogens with two attached hydrogens (primary N) is 1. The Balaban J connectivity index is 2.16. The molecule has 0 aliphatic heterocycles. The molecule has 1 unspecified atom stereocenters. The molecule has 12 heavy (non-hydrogen) atoms. The van der Waals surface area contributed by atoms with E-state index >= 15 is 0 Å². The monoisotopic (exact) mass is 168 g/mol. The van der Waals surface area contributed by atoms with Crippen molar-refractivity contribution >= 4 is 0 Å². The Kier molecular flexibility index (Phi) is 4.33. The second kappa shape index (κ2) is 5.33. The van der Waals surface area contributed by atoms with Crippen LogP contribution in [0.5, 0.6) is 0 Å². The molecule has 0 saturated carbocycles. The van der Waals surface area contributed by atoms with Crippen LogP contribution in [0.1, 0.15) is 19.3 Å². The summed E-state index contributed by atoms with van der Waals surface area (Å²) in [4.78, 5) is 2.34. The van der Waals surface area contributed by atoms with E-state index < -0.39 is 0 Å². The molecule has 0 aromatic rings. The summed E-state index contributed by atoms with van der Waals surface area (Å²) in [7, 11) is 2.16. The summed E-state index contributed by atoms with van der Waals surface area (Å²) in [6.07, 6.45) is 8.48.